The summed E-state index contributed by atoms with van der Waals surface area (Å²) in [4.78, 5) is 61.8. The number of fused-ring (bicyclic) bond motifs is 5. The summed E-state index contributed by atoms with van der Waals surface area (Å²) >= 11 is 1.07. The third kappa shape index (κ3) is 10.9. The number of esters is 1. The van der Waals surface area contributed by atoms with Gasteiger partial charge in [-0.25, -0.2) is 14.2 Å². The van der Waals surface area contributed by atoms with Gasteiger partial charge in [0.1, 0.15) is 23.5 Å². The predicted molar refractivity (Wildman–Crippen MR) is 227 cm³/mol. The maximum absolute atomic E-state index is 16.9. The molecule has 2 aromatic heterocycles. The number of likely N-dealkylation sites (N-methyl/N-ethyl adjacent to an activating group) is 1. The Balaban J connectivity index is 1.65. The van der Waals surface area contributed by atoms with Crippen LogP contribution in [0.1, 0.15) is 87.3 Å². The number of rotatable bonds is 8. The third-order valence-corrected chi connectivity index (χ3v) is 12.6. The second-order valence-corrected chi connectivity index (χ2v) is 18.3. The zero-order chi connectivity index (χ0) is 45.9. The van der Waals surface area contributed by atoms with Crippen molar-refractivity contribution in [1.82, 2.24) is 19.2 Å². The topological polar surface area (TPSA) is 240 Å². The molecule has 0 radical (unpaired) electrons. The fourth-order valence-electron chi connectivity index (χ4n) is 8.79. The van der Waals surface area contributed by atoms with Crippen LogP contribution in [0.25, 0.3) is 11.4 Å². The number of nitrogens with zero attached hydrogens (tertiary/aromatic N) is 6. The summed E-state index contributed by atoms with van der Waals surface area (Å²) in [5.74, 6) is -5.73. The Morgan fingerprint density at radius 1 is 1.13 bits per heavy atom. The highest BCUT2D eigenvalue weighted by atomic mass is 32.1. The van der Waals surface area contributed by atoms with Crippen molar-refractivity contribution in [2.75, 3.05) is 33.0 Å². The standard InChI is InChI=1S/C42H62FN7O11S/c1-12-30-42(9,55)35-23(4)31(46-25(6)51)21(2)16-40(7,57-19-28(18-56-35)48-58-20-27-14-13-26(17-45-27)36-47-39(44)62-49-36)34(24(5)33(53)41(8,43)38(54)60-30)61-37-32(52)29(50(10)11)15-22(3)59-37/h13-14,17,21-24,29-30,32,34-35,37,52,55H,12,15-16,18-20H2,1-11H3,(H2,44,47,49)/b46-31?,48-28+/t21-,22-,23+,24+,29+,30-,32-,34-,35+,37+,40-,41+,42-/m1/s1. The van der Waals surface area contributed by atoms with Gasteiger partial charge < -0.3 is 49.4 Å². The van der Waals surface area contributed by atoms with E-state index in [4.69, 9.17) is 34.3 Å². The number of ether oxygens (including phenoxy) is 5. The lowest BCUT2D eigenvalue weighted by Gasteiger charge is -2.47. The van der Waals surface area contributed by atoms with Crippen LogP contribution in [0.15, 0.2) is 28.5 Å². The minimum absolute atomic E-state index is 0.00929. The average molecular weight is 892 g/mol. The van der Waals surface area contributed by atoms with E-state index < -0.39 is 95.1 Å². The Bertz CT molecular complexity index is 1960. The molecule has 4 N–H and O–H groups in total. The Hall–Kier alpha value is -3.89. The molecule has 5 rings (SSSR count). The van der Waals surface area contributed by atoms with E-state index in [1.807, 2.05) is 32.8 Å². The number of aliphatic hydroxyl groups is 2. The van der Waals surface area contributed by atoms with Crippen LogP contribution >= 0.6 is 11.5 Å². The van der Waals surface area contributed by atoms with Crippen LogP contribution in [-0.4, -0.2) is 146 Å². The van der Waals surface area contributed by atoms with Gasteiger partial charge in [0.25, 0.3) is 5.67 Å². The fourth-order valence-corrected chi connectivity index (χ4v) is 9.25. The summed E-state index contributed by atoms with van der Waals surface area (Å²) in [5.41, 5.74) is 0.525. The average Bonchev–Trinajstić information content (AvgIpc) is 3.64. The molecule has 18 nitrogen and oxygen atoms in total. The van der Waals surface area contributed by atoms with Crippen molar-refractivity contribution in [1.29, 1.82) is 0 Å². The van der Waals surface area contributed by atoms with Crippen molar-refractivity contribution < 1.29 is 57.5 Å². The van der Waals surface area contributed by atoms with Crippen LogP contribution in [0, 0.1) is 17.8 Å². The molecule has 344 valence electrons. The van der Waals surface area contributed by atoms with E-state index >= 15 is 4.39 Å². The Kier molecular flexibility index (Phi) is 15.8. The fraction of sp³-hybridized carbons (Fsp3) is 0.714. The highest BCUT2D eigenvalue weighted by molar-refractivity contribution is 7.09. The molecular formula is C42H62FN7O11S. The number of aromatic nitrogens is 3. The van der Waals surface area contributed by atoms with E-state index in [2.05, 4.69) is 24.5 Å². The molecule has 0 unspecified atom stereocenters. The molecule has 0 aromatic carbocycles. The molecule has 13 atom stereocenters. The monoisotopic (exact) mass is 891 g/mol. The summed E-state index contributed by atoms with van der Waals surface area (Å²) in [6.07, 6.45) is -5.00. The van der Waals surface area contributed by atoms with Gasteiger partial charge in [-0.15, -0.1) is 0 Å². The van der Waals surface area contributed by atoms with Gasteiger partial charge in [0.15, 0.2) is 29.6 Å². The molecule has 0 spiro atoms. The zero-order valence-electron chi connectivity index (χ0n) is 37.4. The molecule has 0 aliphatic carbocycles. The number of cyclic esters (lactones) is 1. The van der Waals surface area contributed by atoms with E-state index in [9.17, 15) is 24.6 Å². The number of ketones is 1. The number of hydrogen-bond donors (Lipinski definition) is 3. The van der Waals surface area contributed by atoms with Crippen molar-refractivity contribution in [2.24, 2.45) is 27.9 Å². The van der Waals surface area contributed by atoms with Crippen LogP contribution in [0.3, 0.4) is 0 Å². The molecule has 0 saturated carbocycles. The maximum atomic E-state index is 16.9. The summed E-state index contributed by atoms with van der Waals surface area (Å²) in [6, 6.07) is 3.07. The lowest BCUT2D eigenvalue weighted by Crippen LogP contribution is -2.61. The minimum Gasteiger partial charge on any atom is -0.457 e. The Morgan fingerprint density at radius 3 is 2.44 bits per heavy atom. The van der Waals surface area contributed by atoms with Gasteiger partial charge in [-0.1, -0.05) is 32.9 Å². The number of nitrogen functional groups attached to an aromatic ring is 1. The second kappa shape index (κ2) is 19.9. The highest BCUT2D eigenvalue weighted by Crippen LogP contribution is 2.41. The number of alkyl halides is 1. The second-order valence-electron chi connectivity index (χ2n) is 17.5. The first-order chi connectivity index (χ1) is 29.0. The molecule has 20 heteroatoms. The molecule has 62 heavy (non-hydrogen) atoms. The van der Waals surface area contributed by atoms with Crippen LogP contribution in [0.5, 0.6) is 0 Å². The largest absolute Gasteiger partial charge is 0.457 e. The maximum Gasteiger partial charge on any atom is 0.351 e. The Morgan fingerprint density at radius 2 is 1.84 bits per heavy atom. The van der Waals surface area contributed by atoms with Crippen molar-refractivity contribution in [2.45, 2.75) is 148 Å². The third-order valence-electron chi connectivity index (χ3n) is 12.1. The summed E-state index contributed by atoms with van der Waals surface area (Å²) in [5, 5.41) is 28.8. The number of carbonyl (C=O) groups is 3. The van der Waals surface area contributed by atoms with Crippen LogP contribution in [0.4, 0.5) is 9.52 Å². The molecule has 3 fully saturated rings. The predicted octanol–water partition coefficient (Wildman–Crippen LogP) is 3.71. The van der Waals surface area contributed by atoms with Gasteiger partial charge in [-0.05, 0) is 79.1 Å². The van der Waals surface area contributed by atoms with Crippen molar-refractivity contribution in [3.63, 3.8) is 0 Å². The molecular weight excluding hydrogens is 830 g/mol. The van der Waals surface area contributed by atoms with E-state index in [0.717, 1.165) is 18.5 Å². The lowest BCUT2D eigenvalue weighted by atomic mass is 9.73. The van der Waals surface area contributed by atoms with Crippen molar-refractivity contribution >= 4 is 45.7 Å². The van der Waals surface area contributed by atoms with E-state index in [1.165, 1.54) is 20.8 Å². The Labute approximate surface area is 365 Å². The summed E-state index contributed by atoms with van der Waals surface area (Å²) in [7, 11) is 3.62. The van der Waals surface area contributed by atoms with Crippen LogP contribution in [-0.2, 0) is 49.5 Å². The molecule has 1 amide bonds. The van der Waals surface area contributed by atoms with E-state index in [1.54, 1.807) is 39.1 Å². The number of carbonyl (C=O) groups excluding carboxylic acids is 3. The molecule has 5 heterocycles. The number of nitrogens with two attached hydrogens (primary N) is 1. The first-order valence-corrected chi connectivity index (χ1v) is 21.7. The van der Waals surface area contributed by atoms with E-state index in [-0.39, 0.29) is 38.4 Å². The number of aliphatic hydroxyl groups excluding tert-OH is 1. The summed E-state index contributed by atoms with van der Waals surface area (Å²) in [6.45, 7) is 12.8. The molecule has 3 saturated heterocycles. The van der Waals surface area contributed by atoms with Crippen molar-refractivity contribution in [3.8, 4) is 11.4 Å². The molecule has 3 aliphatic heterocycles. The highest BCUT2D eigenvalue weighted by Gasteiger charge is 2.56. The molecule has 2 aromatic rings. The number of Topliss-reactive ketones (excluding diaryl/α,β-unsaturated/α-hetero) is 1. The quantitative estimate of drug-likeness (QED) is 0.194. The smallest absolute Gasteiger partial charge is 0.351 e. The molecule has 2 bridgehead atoms. The number of aliphatic imine (C=N–C) groups is 1. The first kappa shape index (κ1) is 49.1. The molecule has 3 aliphatic rings. The van der Waals surface area contributed by atoms with Crippen LogP contribution in [0.2, 0.25) is 0 Å². The van der Waals surface area contributed by atoms with Crippen LogP contribution < -0.4 is 5.73 Å². The number of oxime groups is 1. The number of anilines is 1. The number of halogens is 1. The lowest BCUT2D eigenvalue weighted by molar-refractivity contribution is -0.296. The summed E-state index contributed by atoms with van der Waals surface area (Å²) < 4.78 is 52.9. The van der Waals surface area contributed by atoms with E-state index in [0.29, 0.717) is 34.3 Å². The SMILES string of the molecule is CC[C@H]1OC(=O)[C@@](C)(F)C(=O)[C@H](C)[C@@H](O[C@@H]2O[C@H](C)C[C@H](N(C)C)[C@H]2O)[C@@]2(C)C[C@@H](C)C(=NC(C)=O)[C@H](C)[C@H](OC/C(=N\OCc3ccc(-c4nsc(N)n4)cn3)CO2)[C@]1(C)O. The number of amides is 1. The zero-order valence-corrected chi connectivity index (χ0v) is 38.2. The van der Waals surface area contributed by atoms with Gasteiger partial charge in [0.05, 0.1) is 42.8 Å². The minimum atomic E-state index is -3.23. The van der Waals surface area contributed by atoms with Gasteiger partial charge in [-0.2, -0.15) is 9.36 Å². The van der Waals surface area contributed by atoms with Gasteiger partial charge in [-0.3, -0.25) is 14.6 Å². The van der Waals surface area contributed by atoms with Gasteiger partial charge in [0, 0.05) is 53.8 Å². The number of pyridine rings is 1. The van der Waals surface area contributed by atoms with Gasteiger partial charge in [0.2, 0.25) is 5.91 Å². The normalized spacial score (nSPS) is 38.0. The first-order valence-electron chi connectivity index (χ1n) is 20.9. The van der Waals surface area contributed by atoms with Gasteiger partial charge >= 0.3 is 5.97 Å². The number of hydrogen-bond acceptors (Lipinski definition) is 18. The van der Waals surface area contributed by atoms with Crippen molar-refractivity contribution in [3.05, 3.63) is 24.0 Å².